The second-order valence-corrected chi connectivity index (χ2v) is 24.3. The molecule has 5 aromatic heterocycles. The maximum Gasteiger partial charge on any atom is 0.164 e. The van der Waals surface area contributed by atoms with Crippen molar-refractivity contribution in [2.45, 2.75) is 0 Å². The monoisotopic (exact) mass is 1200 g/mol. The molecule has 438 valence electrons. The number of aromatic nitrogens is 7. The first-order chi connectivity index (χ1) is 46.6. The zero-order valence-electron chi connectivity index (χ0n) is 50.9. The van der Waals surface area contributed by atoms with Crippen LogP contribution in [0.5, 0.6) is 0 Å². The van der Waals surface area contributed by atoms with Crippen LogP contribution >= 0.6 is 0 Å². The number of fused-ring (bicyclic) bond motifs is 12. The van der Waals surface area contributed by atoms with Crippen LogP contribution in [0, 0.1) is 0 Å². The minimum atomic E-state index is 0.594. The summed E-state index contributed by atoms with van der Waals surface area (Å²) >= 11 is 0. The van der Waals surface area contributed by atoms with Crippen molar-refractivity contribution in [1.29, 1.82) is 0 Å². The number of benzene rings is 14. The fraction of sp³-hybridized carbons (Fsp3) is 0. The molecule has 0 saturated heterocycles. The minimum absolute atomic E-state index is 0.594. The summed E-state index contributed by atoms with van der Waals surface area (Å²) in [6.45, 7) is 0. The first-order valence-electron chi connectivity index (χ1n) is 32.0. The van der Waals surface area contributed by atoms with Gasteiger partial charge >= 0.3 is 0 Å². The molecule has 19 rings (SSSR count). The molecule has 19 aromatic rings. The quantitative estimate of drug-likeness (QED) is 0.137. The van der Waals surface area contributed by atoms with E-state index in [1.165, 1.54) is 65.3 Å². The van der Waals surface area contributed by atoms with Crippen LogP contribution in [0.15, 0.2) is 334 Å². The Morgan fingerprint density at radius 1 is 0.170 bits per heavy atom. The van der Waals surface area contributed by atoms with Gasteiger partial charge in [0.1, 0.15) is 0 Å². The molecule has 14 aromatic carbocycles. The predicted molar refractivity (Wildman–Crippen MR) is 390 cm³/mol. The molecule has 0 aliphatic rings. The van der Waals surface area contributed by atoms with Crippen molar-refractivity contribution in [3.8, 4) is 90.3 Å². The molecular weight excluding hydrogens is 1140 g/mol. The molecule has 0 spiro atoms. The average Bonchev–Trinajstić information content (AvgIpc) is 1.60. The Balaban J connectivity index is 0.724. The number of rotatable bonds is 10. The molecule has 94 heavy (non-hydrogen) atoms. The van der Waals surface area contributed by atoms with E-state index in [1.54, 1.807) is 0 Å². The van der Waals surface area contributed by atoms with E-state index in [9.17, 15) is 0 Å². The van der Waals surface area contributed by atoms with Crippen molar-refractivity contribution in [2.24, 2.45) is 0 Å². The molecule has 0 atom stereocenters. The second-order valence-electron chi connectivity index (χ2n) is 24.3. The van der Waals surface area contributed by atoms with E-state index in [1.807, 2.05) is 18.2 Å². The van der Waals surface area contributed by atoms with Gasteiger partial charge in [0.05, 0.1) is 49.8 Å². The fourth-order valence-electron chi connectivity index (χ4n) is 14.7. The van der Waals surface area contributed by atoms with Gasteiger partial charge in [0, 0.05) is 82.4 Å². The van der Waals surface area contributed by atoms with Crippen LogP contribution in [0.2, 0.25) is 0 Å². The third-order valence-corrected chi connectivity index (χ3v) is 19.0. The van der Waals surface area contributed by atoms with E-state index in [2.05, 4.69) is 334 Å². The van der Waals surface area contributed by atoms with Crippen molar-refractivity contribution in [3.63, 3.8) is 0 Å². The lowest BCUT2D eigenvalue weighted by Gasteiger charge is -2.17. The fourth-order valence-corrected chi connectivity index (χ4v) is 14.7. The zero-order valence-corrected chi connectivity index (χ0v) is 50.9. The van der Waals surface area contributed by atoms with Crippen LogP contribution in [0.1, 0.15) is 0 Å². The smallest absolute Gasteiger partial charge is 0.164 e. The van der Waals surface area contributed by atoms with Gasteiger partial charge in [-0.1, -0.05) is 218 Å². The van der Waals surface area contributed by atoms with E-state index < -0.39 is 0 Å². The van der Waals surface area contributed by atoms with Gasteiger partial charge in [0.2, 0.25) is 0 Å². The number of para-hydroxylation sites is 7. The summed E-state index contributed by atoms with van der Waals surface area (Å²) < 4.78 is 9.57. The lowest BCUT2D eigenvalue weighted by molar-refractivity contribution is 1.07. The molecule has 0 aliphatic carbocycles. The lowest BCUT2D eigenvalue weighted by Crippen LogP contribution is -2.01. The number of hydrogen-bond acceptors (Lipinski definition) is 3. The summed E-state index contributed by atoms with van der Waals surface area (Å²) in [7, 11) is 0. The van der Waals surface area contributed by atoms with E-state index in [0.717, 1.165) is 94.8 Å². The van der Waals surface area contributed by atoms with Crippen molar-refractivity contribution >= 4 is 87.2 Å². The maximum atomic E-state index is 5.33. The van der Waals surface area contributed by atoms with Crippen LogP contribution in [0.25, 0.3) is 178 Å². The first kappa shape index (κ1) is 53.2. The normalized spacial score (nSPS) is 11.8. The average molecular weight is 1200 g/mol. The Hall–Kier alpha value is -12.7. The zero-order chi connectivity index (χ0) is 61.8. The number of hydrogen-bond donors (Lipinski definition) is 0. The summed E-state index contributed by atoms with van der Waals surface area (Å²) in [6.07, 6.45) is 0. The summed E-state index contributed by atoms with van der Waals surface area (Å²) in [6, 6.07) is 120. The molecule has 7 nitrogen and oxygen atoms in total. The number of nitrogens with zero attached hydrogens (tertiary/aromatic N) is 7. The third kappa shape index (κ3) is 8.56. The topological polar surface area (TPSA) is 58.4 Å². The Morgan fingerprint density at radius 3 is 1.00 bits per heavy atom. The molecule has 0 amide bonds. The second kappa shape index (κ2) is 21.5. The Labute approximate surface area is 541 Å². The van der Waals surface area contributed by atoms with Crippen LogP contribution in [0.4, 0.5) is 0 Å². The molecule has 0 unspecified atom stereocenters. The van der Waals surface area contributed by atoms with Gasteiger partial charge in [-0.25, -0.2) is 15.0 Å². The largest absolute Gasteiger partial charge is 0.309 e. The molecule has 0 bridgehead atoms. The van der Waals surface area contributed by atoms with Gasteiger partial charge < -0.3 is 18.3 Å². The summed E-state index contributed by atoms with van der Waals surface area (Å²) in [4.78, 5) is 15.8. The van der Waals surface area contributed by atoms with Crippen LogP contribution in [-0.2, 0) is 0 Å². The van der Waals surface area contributed by atoms with Crippen LogP contribution in [-0.4, -0.2) is 33.2 Å². The molecule has 7 heteroatoms. The van der Waals surface area contributed by atoms with Gasteiger partial charge in [0.25, 0.3) is 0 Å². The van der Waals surface area contributed by atoms with Crippen molar-refractivity contribution < 1.29 is 0 Å². The van der Waals surface area contributed by atoms with Gasteiger partial charge in [-0.15, -0.1) is 0 Å². The molecule has 5 heterocycles. The maximum absolute atomic E-state index is 5.33. The molecule has 0 N–H and O–H groups in total. The highest BCUT2D eigenvalue weighted by Crippen LogP contribution is 2.43. The van der Waals surface area contributed by atoms with Crippen LogP contribution in [0.3, 0.4) is 0 Å². The summed E-state index contributed by atoms with van der Waals surface area (Å²) in [5.41, 5.74) is 23.1. The Kier molecular flexibility index (Phi) is 12.1. The van der Waals surface area contributed by atoms with E-state index >= 15 is 0 Å². The highest BCUT2D eigenvalue weighted by atomic mass is 15.0. The summed E-state index contributed by atoms with van der Waals surface area (Å²) in [5.74, 6) is 1.80. The lowest BCUT2D eigenvalue weighted by atomic mass is 9.96. The predicted octanol–water partition coefficient (Wildman–Crippen LogP) is 22.3. The SMILES string of the molecule is c1ccc(-c2nc(-c3cccc(-c4ccc(-n5c6ccccc6c6ccccc65)c(-c5ccc(-n6c7ccccc7c7cc(-c8ccc9c(c8)c8ccccc8n9-c8ccccc8)ccc76)cc5)c4)c3)nc(-c3cccc(-n4c5ccccc5c5ccccc54)c3)n2)cc1. The van der Waals surface area contributed by atoms with Crippen molar-refractivity contribution in [1.82, 2.24) is 33.2 Å². The molecular formula is C87H55N7. The van der Waals surface area contributed by atoms with Gasteiger partial charge in [-0.05, 0) is 143 Å². The third-order valence-electron chi connectivity index (χ3n) is 19.0. The standard InChI is InChI=1S/C87H55N7/c1-3-21-57(22-4-1)85-88-86(90-87(89-85)63-25-20-28-66(52-63)93-76-35-13-7-29-67(76)68-30-8-14-36-77(68)93)62-24-19-23-58(51-62)59-43-48-82(94-80-39-17-9-31-69(80)70-32-10-18-40-81(70)94)73(53-59)56-41-46-65(47-42-56)92-79-38-16-12-34-72(79)75-55-61(45-50-84(75)92)60-44-49-83-74(54-60)71-33-11-15-37-78(71)91(83)64-26-5-2-6-27-64/h1-55H. The highest BCUT2D eigenvalue weighted by molar-refractivity contribution is 6.14. The van der Waals surface area contributed by atoms with Crippen molar-refractivity contribution in [2.75, 3.05) is 0 Å². The molecule has 0 saturated carbocycles. The molecule has 0 radical (unpaired) electrons. The minimum Gasteiger partial charge on any atom is -0.309 e. The molecule has 0 fully saturated rings. The van der Waals surface area contributed by atoms with E-state index in [0.29, 0.717) is 17.5 Å². The van der Waals surface area contributed by atoms with Gasteiger partial charge in [-0.2, -0.15) is 0 Å². The van der Waals surface area contributed by atoms with Crippen LogP contribution < -0.4 is 0 Å². The molecule has 0 aliphatic heterocycles. The first-order valence-corrected chi connectivity index (χ1v) is 32.0. The highest BCUT2D eigenvalue weighted by Gasteiger charge is 2.22. The van der Waals surface area contributed by atoms with Crippen molar-refractivity contribution in [3.05, 3.63) is 334 Å². The van der Waals surface area contributed by atoms with Gasteiger partial charge in [0.15, 0.2) is 17.5 Å². The van der Waals surface area contributed by atoms with E-state index in [-0.39, 0.29) is 0 Å². The Bertz CT molecular complexity index is 6120. The van der Waals surface area contributed by atoms with Gasteiger partial charge in [-0.3, -0.25) is 0 Å². The van der Waals surface area contributed by atoms with E-state index in [4.69, 9.17) is 15.0 Å². The summed E-state index contributed by atoms with van der Waals surface area (Å²) in [5, 5.41) is 9.75. The Morgan fingerprint density at radius 2 is 0.489 bits per heavy atom.